The highest BCUT2D eigenvalue weighted by Crippen LogP contribution is 2.33. The van der Waals surface area contributed by atoms with E-state index in [2.05, 4.69) is 5.32 Å². The Morgan fingerprint density at radius 2 is 1.79 bits per heavy atom. The van der Waals surface area contributed by atoms with Gasteiger partial charge >= 0.3 is 0 Å². The van der Waals surface area contributed by atoms with E-state index in [1.54, 1.807) is 49.6 Å². The maximum atomic E-state index is 13.6. The summed E-state index contributed by atoms with van der Waals surface area (Å²) < 4.78 is 33.8. The number of carbonyl (C=O) groups is 1. The number of hydrogen-bond donors (Lipinski definition) is 1. The van der Waals surface area contributed by atoms with Crippen molar-refractivity contribution in [2.75, 3.05) is 18.0 Å². The number of aryl methyl sites for hydroxylation is 2. The molecule has 6 nitrogen and oxygen atoms in total. The smallest absolute Gasteiger partial charge is 0.264 e. The van der Waals surface area contributed by atoms with Crippen molar-refractivity contribution in [3.05, 3.63) is 89.5 Å². The minimum absolute atomic E-state index is 0.156. The molecule has 178 valence electrons. The lowest BCUT2D eigenvalue weighted by Gasteiger charge is -2.29. The van der Waals surface area contributed by atoms with Gasteiger partial charge in [-0.05, 0) is 72.7 Å². The summed E-state index contributed by atoms with van der Waals surface area (Å²) in [6.07, 6.45) is 3.32. The topological polar surface area (TPSA) is 75.7 Å². The fourth-order valence-electron chi connectivity index (χ4n) is 4.51. The van der Waals surface area contributed by atoms with Crippen LogP contribution in [0.2, 0.25) is 0 Å². The first-order valence-electron chi connectivity index (χ1n) is 11.6. The van der Waals surface area contributed by atoms with Gasteiger partial charge in [-0.3, -0.25) is 9.10 Å². The number of carbonyl (C=O) groups excluding carboxylic acids is 1. The van der Waals surface area contributed by atoms with Crippen LogP contribution >= 0.6 is 0 Å². The third-order valence-corrected chi connectivity index (χ3v) is 8.03. The first-order chi connectivity index (χ1) is 16.4. The minimum atomic E-state index is -3.94. The van der Waals surface area contributed by atoms with Crippen LogP contribution in [0, 0.1) is 0 Å². The van der Waals surface area contributed by atoms with Crippen LogP contribution < -0.4 is 14.4 Å². The van der Waals surface area contributed by atoms with Crippen LogP contribution in [0.3, 0.4) is 0 Å². The monoisotopic (exact) mass is 478 g/mol. The molecule has 0 radical (unpaired) electrons. The highest BCUT2D eigenvalue weighted by atomic mass is 32.2. The fourth-order valence-corrected chi connectivity index (χ4v) is 5.99. The number of sulfonamides is 1. The van der Waals surface area contributed by atoms with Gasteiger partial charge in [0, 0.05) is 0 Å². The number of methoxy groups -OCH3 is 1. The average Bonchev–Trinajstić information content (AvgIpc) is 2.87. The molecule has 34 heavy (non-hydrogen) atoms. The molecular formula is C27H30N2O4S. The number of nitrogens with zero attached hydrogens (tertiary/aromatic N) is 1. The van der Waals surface area contributed by atoms with Crippen LogP contribution in [0.4, 0.5) is 5.69 Å². The molecule has 0 aliphatic heterocycles. The molecule has 1 amide bonds. The molecule has 0 fully saturated rings. The van der Waals surface area contributed by atoms with Crippen LogP contribution in [0.5, 0.6) is 5.75 Å². The number of benzene rings is 3. The highest BCUT2D eigenvalue weighted by Gasteiger charge is 2.30. The van der Waals surface area contributed by atoms with Gasteiger partial charge in [0.1, 0.15) is 12.3 Å². The van der Waals surface area contributed by atoms with Gasteiger partial charge < -0.3 is 10.1 Å². The fraction of sp³-hybridized carbons (Fsp3) is 0.296. The van der Waals surface area contributed by atoms with Crippen molar-refractivity contribution in [1.29, 1.82) is 0 Å². The van der Waals surface area contributed by atoms with Gasteiger partial charge in [0.15, 0.2) is 0 Å². The lowest BCUT2D eigenvalue weighted by molar-refractivity contribution is -0.120. The minimum Gasteiger partial charge on any atom is -0.497 e. The van der Waals surface area contributed by atoms with E-state index in [0.717, 1.165) is 41.7 Å². The average molecular weight is 479 g/mol. The van der Waals surface area contributed by atoms with Gasteiger partial charge in [0.25, 0.3) is 10.0 Å². The second-order valence-electron chi connectivity index (χ2n) is 8.38. The summed E-state index contributed by atoms with van der Waals surface area (Å²) in [4.78, 5) is 13.4. The summed E-state index contributed by atoms with van der Waals surface area (Å²) in [5, 5.41) is 3.09. The third-order valence-electron chi connectivity index (χ3n) is 6.26. The van der Waals surface area contributed by atoms with Crippen molar-refractivity contribution in [2.24, 2.45) is 0 Å². The van der Waals surface area contributed by atoms with E-state index in [1.807, 2.05) is 37.3 Å². The van der Waals surface area contributed by atoms with Gasteiger partial charge in [-0.2, -0.15) is 0 Å². The summed E-state index contributed by atoms with van der Waals surface area (Å²) in [6.45, 7) is 1.68. The normalized spacial score (nSPS) is 15.3. The standard InChI is InChI=1S/C27H30N2O4S/c1-3-20-10-7-8-15-26(20)29(34(31,32)23-12-5-4-6-13-23)19-27(30)28-25-14-9-11-21-18-22(33-2)16-17-24(21)25/h4-8,10,12-13,15-18,25H,3,9,11,14,19H2,1-2H3,(H,28,30). The van der Waals surface area contributed by atoms with Crippen molar-refractivity contribution < 1.29 is 17.9 Å². The number of ether oxygens (including phenoxy) is 1. The number of anilines is 1. The molecule has 1 N–H and O–H groups in total. The molecule has 0 bridgehead atoms. The molecule has 1 unspecified atom stereocenters. The second-order valence-corrected chi connectivity index (χ2v) is 10.2. The summed E-state index contributed by atoms with van der Waals surface area (Å²) in [7, 11) is -2.30. The number of amides is 1. The molecule has 0 heterocycles. The van der Waals surface area contributed by atoms with Crippen LogP contribution in [-0.2, 0) is 27.7 Å². The number of rotatable bonds is 8. The van der Waals surface area contributed by atoms with Crippen LogP contribution in [0.25, 0.3) is 0 Å². The predicted molar refractivity (Wildman–Crippen MR) is 134 cm³/mol. The third kappa shape index (κ3) is 4.94. The summed E-state index contributed by atoms with van der Waals surface area (Å²) in [5.74, 6) is 0.459. The van der Waals surface area contributed by atoms with E-state index >= 15 is 0 Å². The van der Waals surface area contributed by atoms with Crippen molar-refractivity contribution in [3.63, 3.8) is 0 Å². The van der Waals surface area contributed by atoms with Gasteiger partial charge in [-0.15, -0.1) is 0 Å². The Morgan fingerprint density at radius 1 is 1.06 bits per heavy atom. The van der Waals surface area contributed by atoms with E-state index in [4.69, 9.17) is 4.74 Å². The predicted octanol–water partition coefficient (Wildman–Crippen LogP) is 4.65. The van der Waals surface area contributed by atoms with E-state index in [9.17, 15) is 13.2 Å². The first-order valence-corrected chi connectivity index (χ1v) is 13.0. The van der Waals surface area contributed by atoms with Gasteiger partial charge in [-0.1, -0.05) is 49.4 Å². The second kappa shape index (κ2) is 10.3. The lowest BCUT2D eigenvalue weighted by atomic mass is 9.87. The van der Waals surface area contributed by atoms with Crippen molar-refractivity contribution in [3.8, 4) is 5.75 Å². The SMILES string of the molecule is CCc1ccccc1N(CC(=O)NC1CCCc2cc(OC)ccc21)S(=O)(=O)c1ccccc1. The molecule has 0 saturated carbocycles. The maximum absolute atomic E-state index is 13.6. The molecule has 0 saturated heterocycles. The molecule has 4 rings (SSSR count). The van der Waals surface area contributed by atoms with Gasteiger partial charge in [-0.25, -0.2) is 8.42 Å². The van der Waals surface area contributed by atoms with Crippen molar-refractivity contribution in [1.82, 2.24) is 5.32 Å². The van der Waals surface area contributed by atoms with E-state index in [0.29, 0.717) is 12.1 Å². The zero-order valence-electron chi connectivity index (χ0n) is 19.5. The van der Waals surface area contributed by atoms with Crippen molar-refractivity contribution in [2.45, 2.75) is 43.5 Å². The molecule has 0 aromatic heterocycles. The maximum Gasteiger partial charge on any atom is 0.264 e. The number of para-hydroxylation sites is 1. The molecular weight excluding hydrogens is 448 g/mol. The lowest BCUT2D eigenvalue weighted by Crippen LogP contribution is -2.42. The number of nitrogens with one attached hydrogen (secondary N) is 1. The zero-order chi connectivity index (χ0) is 24.1. The molecule has 0 spiro atoms. The van der Waals surface area contributed by atoms with Crippen molar-refractivity contribution >= 4 is 21.6 Å². The quantitative estimate of drug-likeness (QED) is 0.512. The zero-order valence-corrected chi connectivity index (χ0v) is 20.3. The Morgan fingerprint density at radius 3 is 2.53 bits per heavy atom. The first kappa shape index (κ1) is 23.8. The molecule has 1 aliphatic rings. The number of hydrogen-bond acceptors (Lipinski definition) is 4. The Kier molecular flexibility index (Phi) is 7.22. The Labute approximate surface area is 201 Å². The Bertz CT molecular complexity index is 1260. The Hall–Kier alpha value is -3.32. The van der Waals surface area contributed by atoms with Gasteiger partial charge in [0.05, 0.1) is 23.7 Å². The summed E-state index contributed by atoms with van der Waals surface area (Å²) >= 11 is 0. The van der Waals surface area contributed by atoms with Crippen LogP contribution in [0.1, 0.15) is 42.5 Å². The molecule has 7 heteroatoms. The van der Waals surface area contributed by atoms with E-state index in [-0.39, 0.29) is 23.4 Å². The largest absolute Gasteiger partial charge is 0.497 e. The molecule has 1 aliphatic carbocycles. The molecule has 1 atom stereocenters. The Balaban J connectivity index is 1.63. The molecule has 3 aromatic rings. The van der Waals surface area contributed by atoms with E-state index in [1.165, 1.54) is 4.31 Å². The summed E-state index contributed by atoms with van der Waals surface area (Å²) in [5.41, 5.74) is 3.61. The van der Waals surface area contributed by atoms with E-state index < -0.39 is 10.0 Å². The summed E-state index contributed by atoms with van der Waals surface area (Å²) in [6, 6.07) is 21.3. The number of fused-ring (bicyclic) bond motifs is 1. The highest BCUT2D eigenvalue weighted by molar-refractivity contribution is 7.92. The van der Waals surface area contributed by atoms with Crippen LogP contribution in [-0.4, -0.2) is 28.0 Å². The molecule has 3 aromatic carbocycles. The van der Waals surface area contributed by atoms with Gasteiger partial charge in [0.2, 0.25) is 5.91 Å². The van der Waals surface area contributed by atoms with Crippen LogP contribution in [0.15, 0.2) is 77.7 Å².